The lowest BCUT2D eigenvalue weighted by Gasteiger charge is -2.18. The first-order valence-corrected chi connectivity index (χ1v) is 10.8. The molecule has 2 aromatic carbocycles. The highest BCUT2D eigenvalue weighted by Crippen LogP contribution is 2.23. The monoisotopic (exact) mass is 448 g/mol. The molecule has 0 radical (unpaired) electrons. The minimum Gasteiger partial charge on any atom is -0.505 e. The molecule has 0 aliphatic heterocycles. The molecule has 33 heavy (non-hydrogen) atoms. The van der Waals surface area contributed by atoms with E-state index in [-0.39, 0.29) is 5.91 Å². The quantitative estimate of drug-likeness (QED) is 0.429. The lowest BCUT2D eigenvalue weighted by Crippen LogP contribution is -2.34. The summed E-state index contributed by atoms with van der Waals surface area (Å²) in [5, 5.41) is 21.3. The zero-order valence-electron chi connectivity index (χ0n) is 18.5. The van der Waals surface area contributed by atoms with Gasteiger partial charge in [-0.15, -0.1) is 5.10 Å². The summed E-state index contributed by atoms with van der Waals surface area (Å²) in [5.74, 6) is -1.27. The molecule has 4 rings (SSSR count). The van der Waals surface area contributed by atoms with E-state index >= 15 is 0 Å². The van der Waals surface area contributed by atoms with Crippen LogP contribution in [0.2, 0.25) is 0 Å². The van der Waals surface area contributed by atoms with Crippen LogP contribution in [0.4, 0.5) is 4.39 Å². The molecule has 2 heterocycles. The van der Waals surface area contributed by atoms with Gasteiger partial charge in [-0.05, 0) is 49.5 Å². The van der Waals surface area contributed by atoms with Gasteiger partial charge in [-0.2, -0.15) is 0 Å². The number of hydrogen-bond acceptors (Lipinski definition) is 6. The van der Waals surface area contributed by atoms with E-state index in [2.05, 4.69) is 39.4 Å². The highest BCUT2D eigenvalue weighted by Gasteiger charge is 2.11. The van der Waals surface area contributed by atoms with Crippen molar-refractivity contribution < 1.29 is 14.3 Å². The van der Waals surface area contributed by atoms with Crippen molar-refractivity contribution >= 4 is 16.8 Å². The van der Waals surface area contributed by atoms with E-state index in [4.69, 9.17) is 0 Å². The molecule has 0 unspecified atom stereocenters. The molecule has 0 atom stereocenters. The van der Waals surface area contributed by atoms with Crippen LogP contribution < -0.4 is 5.32 Å². The first-order valence-electron chi connectivity index (χ1n) is 10.8. The van der Waals surface area contributed by atoms with Crippen molar-refractivity contribution in [3.63, 3.8) is 0 Å². The van der Waals surface area contributed by atoms with Gasteiger partial charge in [0.25, 0.3) is 5.91 Å². The number of benzene rings is 2. The molecule has 8 nitrogen and oxygen atoms in total. The van der Waals surface area contributed by atoms with Crippen LogP contribution >= 0.6 is 0 Å². The van der Waals surface area contributed by atoms with E-state index in [0.29, 0.717) is 29.2 Å². The van der Waals surface area contributed by atoms with Gasteiger partial charge in [-0.25, -0.2) is 14.1 Å². The third-order valence-corrected chi connectivity index (χ3v) is 5.51. The largest absolute Gasteiger partial charge is 0.505 e. The molecule has 0 spiro atoms. The number of nitrogens with zero attached hydrogens (tertiary/aromatic N) is 5. The lowest BCUT2D eigenvalue weighted by molar-refractivity contribution is 0.0949. The van der Waals surface area contributed by atoms with E-state index in [9.17, 15) is 14.3 Å². The SMILES string of the molecule is CCN(CC)CCNC(=O)c1ccc2nc(-c3cn(-c4ccc(O)c(F)c4)nn3)ccc2c1. The second-order valence-electron chi connectivity index (χ2n) is 7.57. The number of aromatic hydroxyl groups is 1. The fourth-order valence-corrected chi connectivity index (χ4v) is 3.52. The fourth-order valence-electron chi connectivity index (χ4n) is 3.52. The molecule has 0 aliphatic rings. The summed E-state index contributed by atoms with van der Waals surface area (Å²) in [4.78, 5) is 19.4. The molecule has 2 aromatic heterocycles. The van der Waals surface area contributed by atoms with Crippen LogP contribution in [0.1, 0.15) is 24.2 Å². The van der Waals surface area contributed by atoms with Crippen molar-refractivity contribution in [2.75, 3.05) is 26.2 Å². The van der Waals surface area contributed by atoms with E-state index in [1.165, 1.54) is 16.8 Å². The van der Waals surface area contributed by atoms with Crippen molar-refractivity contribution in [1.82, 2.24) is 30.2 Å². The van der Waals surface area contributed by atoms with Crippen LogP contribution in [0.3, 0.4) is 0 Å². The number of nitrogens with one attached hydrogen (secondary N) is 1. The van der Waals surface area contributed by atoms with Crippen molar-refractivity contribution in [3.05, 3.63) is 66.1 Å². The van der Waals surface area contributed by atoms with Gasteiger partial charge in [0.2, 0.25) is 0 Å². The number of halogens is 1. The van der Waals surface area contributed by atoms with Crippen molar-refractivity contribution in [2.24, 2.45) is 0 Å². The number of aromatic nitrogens is 4. The topological polar surface area (TPSA) is 96.2 Å². The van der Waals surface area contributed by atoms with Gasteiger partial charge < -0.3 is 15.3 Å². The predicted molar refractivity (Wildman–Crippen MR) is 124 cm³/mol. The van der Waals surface area contributed by atoms with Crippen LogP contribution in [0.15, 0.2) is 54.7 Å². The Bertz CT molecular complexity index is 1290. The molecule has 170 valence electrons. The molecule has 9 heteroatoms. The van der Waals surface area contributed by atoms with Crippen LogP contribution in [0.25, 0.3) is 28.0 Å². The van der Waals surface area contributed by atoms with Crippen LogP contribution in [0.5, 0.6) is 5.75 Å². The van der Waals surface area contributed by atoms with Gasteiger partial charge in [0.1, 0.15) is 5.69 Å². The molecular weight excluding hydrogens is 423 g/mol. The maximum Gasteiger partial charge on any atom is 0.251 e. The molecule has 0 aliphatic carbocycles. The number of hydrogen-bond donors (Lipinski definition) is 2. The van der Waals surface area contributed by atoms with Gasteiger partial charge >= 0.3 is 0 Å². The molecule has 1 amide bonds. The Morgan fingerprint density at radius 3 is 2.67 bits per heavy atom. The maximum absolute atomic E-state index is 13.6. The summed E-state index contributed by atoms with van der Waals surface area (Å²) in [6, 6.07) is 13.0. The van der Waals surface area contributed by atoms with E-state index in [1.807, 2.05) is 12.1 Å². The first-order chi connectivity index (χ1) is 16.0. The number of carbonyl (C=O) groups is 1. The molecule has 0 saturated carbocycles. The van der Waals surface area contributed by atoms with Gasteiger partial charge in [0, 0.05) is 30.1 Å². The number of phenolic OH excluding ortho intramolecular Hbond substituents is 1. The fraction of sp³-hybridized carbons (Fsp3) is 0.250. The Morgan fingerprint density at radius 2 is 1.91 bits per heavy atom. The average molecular weight is 449 g/mol. The van der Waals surface area contributed by atoms with E-state index < -0.39 is 11.6 Å². The van der Waals surface area contributed by atoms with Gasteiger partial charge in [-0.1, -0.05) is 25.1 Å². The normalized spacial score (nSPS) is 11.3. The van der Waals surface area contributed by atoms with Gasteiger partial charge in [0.15, 0.2) is 11.6 Å². The van der Waals surface area contributed by atoms with Gasteiger partial charge in [-0.3, -0.25) is 4.79 Å². The van der Waals surface area contributed by atoms with Gasteiger partial charge in [0.05, 0.1) is 23.1 Å². The molecule has 2 N–H and O–H groups in total. The summed E-state index contributed by atoms with van der Waals surface area (Å²) in [6.07, 6.45) is 1.64. The summed E-state index contributed by atoms with van der Waals surface area (Å²) < 4.78 is 15.1. The van der Waals surface area contributed by atoms with Crippen LogP contribution in [-0.2, 0) is 0 Å². The number of carbonyl (C=O) groups excluding carboxylic acids is 1. The summed E-state index contributed by atoms with van der Waals surface area (Å²) in [7, 11) is 0. The molecular formula is C24H25FN6O2. The molecule has 0 saturated heterocycles. The highest BCUT2D eigenvalue weighted by molar-refractivity contribution is 5.98. The molecule has 0 fully saturated rings. The predicted octanol–water partition coefficient (Wildman–Crippen LogP) is 3.40. The van der Waals surface area contributed by atoms with E-state index in [0.717, 1.165) is 30.5 Å². The third-order valence-electron chi connectivity index (χ3n) is 5.51. The summed E-state index contributed by atoms with van der Waals surface area (Å²) in [6.45, 7) is 7.52. The number of phenols is 1. The minimum atomic E-state index is -0.735. The Balaban J connectivity index is 1.49. The molecule has 0 bridgehead atoms. The van der Waals surface area contributed by atoms with E-state index in [1.54, 1.807) is 30.5 Å². The number of amides is 1. The minimum absolute atomic E-state index is 0.114. The highest BCUT2D eigenvalue weighted by atomic mass is 19.1. The maximum atomic E-state index is 13.6. The lowest BCUT2D eigenvalue weighted by atomic mass is 10.1. The summed E-state index contributed by atoms with van der Waals surface area (Å²) >= 11 is 0. The first kappa shape index (κ1) is 22.3. The number of likely N-dealkylation sites (N-methyl/N-ethyl adjacent to an activating group) is 1. The molecule has 4 aromatic rings. The van der Waals surface area contributed by atoms with Crippen molar-refractivity contribution in [2.45, 2.75) is 13.8 Å². The second kappa shape index (κ2) is 9.74. The zero-order valence-corrected chi connectivity index (χ0v) is 18.5. The Morgan fingerprint density at radius 1 is 1.09 bits per heavy atom. The Kier molecular flexibility index (Phi) is 6.60. The smallest absolute Gasteiger partial charge is 0.251 e. The average Bonchev–Trinajstić information content (AvgIpc) is 3.33. The number of pyridine rings is 1. The van der Waals surface area contributed by atoms with Crippen LogP contribution in [0, 0.1) is 5.82 Å². The number of rotatable bonds is 8. The standard InChI is InChI=1S/C24H25FN6O2/c1-3-30(4-2)12-11-26-24(33)17-6-8-20-16(13-17)5-9-21(27-20)22-15-31(29-28-22)18-7-10-23(32)19(25)14-18/h5-10,13-15,32H,3-4,11-12H2,1-2H3,(H,26,33). The third kappa shape index (κ3) is 4.98. The Hall–Kier alpha value is -3.85. The Labute approximate surface area is 190 Å². The summed E-state index contributed by atoms with van der Waals surface area (Å²) in [5.41, 5.74) is 2.85. The van der Waals surface area contributed by atoms with Crippen LogP contribution in [-0.4, -0.2) is 62.1 Å². The zero-order chi connectivity index (χ0) is 23.4. The second-order valence-corrected chi connectivity index (χ2v) is 7.57. The number of fused-ring (bicyclic) bond motifs is 1. The van der Waals surface area contributed by atoms with Crippen molar-refractivity contribution in [1.29, 1.82) is 0 Å². The van der Waals surface area contributed by atoms with Crippen molar-refractivity contribution in [3.8, 4) is 22.8 Å².